The van der Waals surface area contributed by atoms with Crippen LogP contribution in [0.5, 0.6) is 5.88 Å². The van der Waals surface area contributed by atoms with Gasteiger partial charge in [-0.1, -0.05) is 0 Å². The summed E-state index contributed by atoms with van der Waals surface area (Å²) in [5.74, 6) is -0.400. The van der Waals surface area contributed by atoms with Crippen LogP contribution in [0.25, 0.3) is 0 Å². The SMILES string of the molecule is COCc1c(Br)c(C)nc(OCC(=O)N/N=C/c2ccncc2)c1C#N. The number of pyridine rings is 2. The molecular formula is C17H16BrN5O3. The molecule has 0 atom stereocenters. The average Bonchev–Trinajstić information content (AvgIpc) is 2.65. The maximum atomic E-state index is 11.9. The van der Waals surface area contributed by atoms with Crippen LogP contribution in [0.2, 0.25) is 0 Å². The van der Waals surface area contributed by atoms with Gasteiger partial charge in [-0.25, -0.2) is 10.4 Å². The molecule has 0 bridgehead atoms. The van der Waals surface area contributed by atoms with Crippen LogP contribution in [0.3, 0.4) is 0 Å². The van der Waals surface area contributed by atoms with Gasteiger partial charge >= 0.3 is 0 Å². The summed E-state index contributed by atoms with van der Waals surface area (Å²) >= 11 is 3.39. The number of hydrogen-bond donors (Lipinski definition) is 1. The van der Waals surface area contributed by atoms with Gasteiger partial charge in [-0.3, -0.25) is 9.78 Å². The lowest BCUT2D eigenvalue weighted by atomic mass is 10.1. The molecule has 0 saturated carbocycles. The summed E-state index contributed by atoms with van der Waals surface area (Å²) < 4.78 is 11.2. The van der Waals surface area contributed by atoms with Gasteiger partial charge in [-0.05, 0) is 40.5 Å². The molecule has 0 spiro atoms. The number of aromatic nitrogens is 2. The zero-order valence-corrected chi connectivity index (χ0v) is 15.8. The van der Waals surface area contributed by atoms with Gasteiger partial charge in [0.1, 0.15) is 11.6 Å². The summed E-state index contributed by atoms with van der Waals surface area (Å²) in [4.78, 5) is 20.0. The van der Waals surface area contributed by atoms with Crippen molar-refractivity contribution in [2.24, 2.45) is 5.10 Å². The molecule has 2 aromatic rings. The van der Waals surface area contributed by atoms with Crippen molar-refractivity contribution in [3.05, 3.63) is 51.4 Å². The minimum atomic E-state index is -0.477. The Morgan fingerprint density at radius 1 is 1.46 bits per heavy atom. The number of halogens is 1. The van der Waals surface area contributed by atoms with Crippen LogP contribution in [0.1, 0.15) is 22.4 Å². The minimum absolute atomic E-state index is 0.0773. The fourth-order valence-corrected chi connectivity index (χ4v) is 2.41. The van der Waals surface area contributed by atoms with E-state index in [1.807, 2.05) is 6.07 Å². The van der Waals surface area contributed by atoms with Crippen LogP contribution in [-0.4, -0.2) is 35.8 Å². The molecule has 26 heavy (non-hydrogen) atoms. The Hall–Kier alpha value is -2.83. The number of nitriles is 1. The van der Waals surface area contributed by atoms with Gasteiger partial charge in [0.2, 0.25) is 5.88 Å². The molecule has 1 N–H and O–H groups in total. The van der Waals surface area contributed by atoms with Crippen LogP contribution in [0.4, 0.5) is 0 Å². The monoisotopic (exact) mass is 417 g/mol. The maximum absolute atomic E-state index is 11.9. The topological polar surface area (TPSA) is 109 Å². The van der Waals surface area contributed by atoms with Crippen molar-refractivity contribution in [1.82, 2.24) is 15.4 Å². The second kappa shape index (κ2) is 9.60. The van der Waals surface area contributed by atoms with Crippen molar-refractivity contribution in [2.75, 3.05) is 13.7 Å². The summed E-state index contributed by atoms with van der Waals surface area (Å²) in [6.07, 6.45) is 4.72. The van der Waals surface area contributed by atoms with Crippen LogP contribution >= 0.6 is 15.9 Å². The van der Waals surface area contributed by atoms with E-state index in [0.29, 0.717) is 15.7 Å². The lowest BCUT2D eigenvalue weighted by Gasteiger charge is -2.13. The third-order valence-corrected chi connectivity index (χ3v) is 4.27. The van der Waals surface area contributed by atoms with Crippen LogP contribution in [0, 0.1) is 18.3 Å². The van der Waals surface area contributed by atoms with E-state index in [0.717, 1.165) is 5.56 Å². The number of carbonyl (C=O) groups excluding carboxylic acids is 1. The molecule has 0 radical (unpaired) electrons. The molecule has 2 rings (SSSR count). The Morgan fingerprint density at radius 3 is 2.85 bits per heavy atom. The number of rotatable bonds is 7. The van der Waals surface area contributed by atoms with Gasteiger partial charge in [-0.2, -0.15) is 10.4 Å². The Kier molecular flexibility index (Phi) is 7.20. The summed E-state index contributed by atoms with van der Waals surface area (Å²) in [5, 5.41) is 13.2. The highest BCUT2D eigenvalue weighted by Crippen LogP contribution is 2.29. The number of hydrogen-bond acceptors (Lipinski definition) is 7. The Balaban J connectivity index is 2.03. The van der Waals surface area contributed by atoms with Crippen LogP contribution < -0.4 is 10.2 Å². The standard InChI is InChI=1S/C17H16BrN5O3/c1-11-16(18)14(9-25-2)13(7-19)17(22-11)26-10-15(24)23-21-8-12-3-5-20-6-4-12/h3-6,8H,9-10H2,1-2H3,(H,23,24)/b21-8+. The van der Waals surface area contributed by atoms with Crippen molar-refractivity contribution in [3.63, 3.8) is 0 Å². The van der Waals surface area contributed by atoms with Crippen molar-refractivity contribution in [2.45, 2.75) is 13.5 Å². The number of amides is 1. The predicted octanol–water partition coefficient (Wildman–Crippen LogP) is 2.09. The molecular weight excluding hydrogens is 402 g/mol. The smallest absolute Gasteiger partial charge is 0.278 e. The number of ether oxygens (including phenoxy) is 2. The Morgan fingerprint density at radius 2 is 2.19 bits per heavy atom. The summed E-state index contributed by atoms with van der Waals surface area (Å²) in [6, 6.07) is 5.54. The van der Waals surface area contributed by atoms with Crippen LogP contribution in [-0.2, 0) is 16.1 Å². The first-order valence-electron chi connectivity index (χ1n) is 7.49. The summed E-state index contributed by atoms with van der Waals surface area (Å²) in [5.41, 5.74) is 4.60. The van der Waals surface area contributed by atoms with E-state index in [1.54, 1.807) is 31.5 Å². The second-order valence-electron chi connectivity index (χ2n) is 5.08. The highest BCUT2D eigenvalue weighted by atomic mass is 79.9. The first-order valence-corrected chi connectivity index (χ1v) is 8.28. The third-order valence-electron chi connectivity index (χ3n) is 3.22. The highest BCUT2D eigenvalue weighted by molar-refractivity contribution is 9.10. The number of hydrazone groups is 1. The third kappa shape index (κ3) is 5.08. The number of nitrogens with zero attached hydrogens (tertiary/aromatic N) is 4. The molecule has 2 aromatic heterocycles. The number of carbonyl (C=O) groups is 1. The zero-order valence-electron chi connectivity index (χ0n) is 14.2. The quantitative estimate of drug-likeness (QED) is 0.545. The molecule has 9 heteroatoms. The fraction of sp³-hybridized carbons (Fsp3) is 0.235. The molecule has 0 saturated heterocycles. The largest absolute Gasteiger partial charge is 0.467 e. The van der Waals surface area contributed by atoms with E-state index in [4.69, 9.17) is 9.47 Å². The van der Waals surface area contributed by atoms with Crippen molar-refractivity contribution < 1.29 is 14.3 Å². The van der Waals surface area contributed by atoms with Gasteiger partial charge in [0.15, 0.2) is 6.61 Å². The minimum Gasteiger partial charge on any atom is -0.467 e. The first kappa shape index (κ1) is 19.5. The number of nitrogens with one attached hydrogen (secondary N) is 1. The average molecular weight is 418 g/mol. The molecule has 1 amide bonds. The second-order valence-corrected chi connectivity index (χ2v) is 5.87. The molecule has 0 aliphatic rings. The molecule has 0 aliphatic carbocycles. The van der Waals surface area contributed by atoms with Crippen LogP contribution in [0.15, 0.2) is 34.1 Å². The van der Waals surface area contributed by atoms with Crippen molar-refractivity contribution in [3.8, 4) is 11.9 Å². The van der Waals surface area contributed by atoms with Gasteiger partial charge in [0.05, 0.1) is 18.5 Å². The van der Waals surface area contributed by atoms with E-state index >= 15 is 0 Å². The molecule has 8 nitrogen and oxygen atoms in total. The maximum Gasteiger partial charge on any atom is 0.278 e. The van der Waals surface area contributed by atoms with Gasteiger partial charge in [-0.15, -0.1) is 0 Å². The van der Waals surface area contributed by atoms with Crippen molar-refractivity contribution in [1.29, 1.82) is 5.26 Å². The molecule has 2 heterocycles. The van der Waals surface area contributed by atoms with E-state index in [1.165, 1.54) is 13.3 Å². The molecule has 0 unspecified atom stereocenters. The Bertz CT molecular complexity index is 850. The summed E-state index contributed by atoms with van der Waals surface area (Å²) in [6.45, 7) is 1.64. The zero-order chi connectivity index (χ0) is 18.9. The number of aryl methyl sites for hydroxylation is 1. The summed E-state index contributed by atoms with van der Waals surface area (Å²) in [7, 11) is 1.53. The lowest BCUT2D eigenvalue weighted by molar-refractivity contribution is -0.123. The van der Waals surface area contributed by atoms with Gasteiger partial charge in [0.25, 0.3) is 5.91 Å². The Labute approximate surface area is 159 Å². The highest BCUT2D eigenvalue weighted by Gasteiger charge is 2.18. The van der Waals surface area contributed by atoms with E-state index in [2.05, 4.69) is 36.4 Å². The first-order chi connectivity index (χ1) is 12.6. The molecule has 134 valence electrons. The predicted molar refractivity (Wildman–Crippen MR) is 97.6 cm³/mol. The van der Waals surface area contributed by atoms with Gasteiger partial charge < -0.3 is 9.47 Å². The fourth-order valence-electron chi connectivity index (χ4n) is 2.01. The van der Waals surface area contributed by atoms with Gasteiger partial charge in [0, 0.05) is 29.5 Å². The van der Waals surface area contributed by atoms with E-state index in [-0.39, 0.29) is 24.7 Å². The van der Waals surface area contributed by atoms with E-state index < -0.39 is 5.91 Å². The molecule has 0 aliphatic heterocycles. The molecule has 0 fully saturated rings. The lowest BCUT2D eigenvalue weighted by Crippen LogP contribution is -2.25. The molecule has 0 aromatic carbocycles. The normalized spacial score (nSPS) is 10.5. The van der Waals surface area contributed by atoms with E-state index in [9.17, 15) is 10.1 Å². The number of methoxy groups -OCH3 is 1. The van der Waals surface area contributed by atoms with Crippen molar-refractivity contribution >= 4 is 28.1 Å².